The van der Waals surface area contributed by atoms with E-state index in [0.29, 0.717) is 22.6 Å². The van der Waals surface area contributed by atoms with Gasteiger partial charge in [-0.2, -0.15) is 13.2 Å². The van der Waals surface area contributed by atoms with Crippen LogP contribution in [0.2, 0.25) is 19.6 Å². The predicted octanol–water partition coefficient (Wildman–Crippen LogP) is 3.15. The Morgan fingerprint density at radius 2 is 1.68 bits per heavy atom. The summed E-state index contributed by atoms with van der Waals surface area (Å²) in [6, 6.07) is 3.44. The number of halogens is 3. The first-order valence-corrected chi connectivity index (χ1v) is 11.1. The van der Waals surface area contributed by atoms with E-state index in [9.17, 15) is 18.0 Å². The number of methoxy groups -OCH3 is 2. The van der Waals surface area contributed by atoms with Crippen molar-refractivity contribution in [3.8, 4) is 23.0 Å². The van der Waals surface area contributed by atoms with Crippen LogP contribution in [0.1, 0.15) is 11.1 Å². The van der Waals surface area contributed by atoms with E-state index in [1.807, 2.05) is 5.32 Å². The minimum Gasteiger partial charge on any atom is -0.496 e. The monoisotopic (exact) mass is 373 g/mol. The molecule has 0 radical (unpaired) electrons. The standard InChI is InChI=1S/C17H22F3NO3Si/c1-23-14-10-12(7-9-25(3,4)5)11-15(24-2)13(14)6-8-21-16(22)17(18,19)20/h10-11H,6,8H2,1-5H3,(H,21,22). The lowest BCUT2D eigenvalue weighted by atomic mass is 10.1. The van der Waals surface area contributed by atoms with Crippen molar-refractivity contribution in [2.24, 2.45) is 0 Å². The van der Waals surface area contributed by atoms with Crippen molar-refractivity contribution in [1.82, 2.24) is 5.32 Å². The van der Waals surface area contributed by atoms with Crippen molar-refractivity contribution in [2.45, 2.75) is 32.2 Å². The maximum absolute atomic E-state index is 12.2. The smallest absolute Gasteiger partial charge is 0.471 e. The number of amides is 1. The third-order valence-corrected chi connectivity index (χ3v) is 3.98. The SMILES string of the molecule is COc1cc(C#C[Si](C)(C)C)cc(OC)c1CCNC(=O)C(F)(F)F. The molecule has 0 unspecified atom stereocenters. The molecular weight excluding hydrogens is 351 g/mol. The van der Waals surface area contributed by atoms with Crippen LogP contribution < -0.4 is 14.8 Å². The lowest BCUT2D eigenvalue weighted by Gasteiger charge is -2.15. The van der Waals surface area contributed by atoms with E-state index in [4.69, 9.17) is 9.47 Å². The van der Waals surface area contributed by atoms with E-state index in [1.165, 1.54) is 14.2 Å². The first kappa shape index (κ1) is 20.9. The molecule has 1 aromatic rings. The quantitative estimate of drug-likeness (QED) is 0.637. The third-order valence-electron chi connectivity index (χ3n) is 3.11. The summed E-state index contributed by atoms with van der Waals surface area (Å²) in [5, 5.41) is 1.84. The van der Waals surface area contributed by atoms with Gasteiger partial charge in [0.1, 0.15) is 19.6 Å². The second-order valence-corrected chi connectivity index (χ2v) is 11.1. The molecule has 0 saturated heterocycles. The Balaban J connectivity index is 3.03. The maximum atomic E-state index is 12.2. The summed E-state index contributed by atoms with van der Waals surface area (Å²) < 4.78 is 47.3. The van der Waals surface area contributed by atoms with E-state index in [1.54, 1.807) is 12.1 Å². The van der Waals surface area contributed by atoms with Crippen molar-refractivity contribution in [3.63, 3.8) is 0 Å². The van der Waals surface area contributed by atoms with Gasteiger partial charge in [0, 0.05) is 17.7 Å². The molecule has 0 atom stereocenters. The number of rotatable bonds is 5. The Morgan fingerprint density at radius 1 is 1.16 bits per heavy atom. The van der Waals surface area contributed by atoms with E-state index in [-0.39, 0.29) is 13.0 Å². The van der Waals surface area contributed by atoms with Gasteiger partial charge in [0.15, 0.2) is 0 Å². The zero-order valence-electron chi connectivity index (χ0n) is 14.9. The lowest BCUT2D eigenvalue weighted by molar-refractivity contribution is -0.173. The van der Waals surface area contributed by atoms with Gasteiger partial charge in [0.05, 0.1) is 14.2 Å². The first-order valence-electron chi connectivity index (χ1n) is 7.61. The molecule has 8 heteroatoms. The summed E-state index contributed by atoms with van der Waals surface area (Å²) in [7, 11) is 1.36. The molecule has 4 nitrogen and oxygen atoms in total. The molecule has 0 heterocycles. The molecule has 1 rings (SSSR count). The second kappa shape index (κ2) is 8.29. The Labute approximate surface area is 146 Å². The van der Waals surface area contributed by atoms with Crippen molar-refractivity contribution < 1.29 is 27.4 Å². The van der Waals surface area contributed by atoms with Crippen LogP contribution in [0.4, 0.5) is 13.2 Å². The fourth-order valence-electron chi connectivity index (χ4n) is 1.96. The average molecular weight is 373 g/mol. The number of benzene rings is 1. The van der Waals surface area contributed by atoms with Crippen molar-refractivity contribution in [3.05, 3.63) is 23.3 Å². The molecule has 0 saturated carbocycles. The van der Waals surface area contributed by atoms with Gasteiger partial charge in [-0.1, -0.05) is 25.6 Å². The Hall–Kier alpha value is -2.14. The van der Waals surface area contributed by atoms with Gasteiger partial charge >= 0.3 is 12.1 Å². The molecule has 0 fully saturated rings. The number of nitrogens with one attached hydrogen (secondary N) is 1. The van der Waals surface area contributed by atoms with Crippen LogP contribution in [0.15, 0.2) is 12.1 Å². The van der Waals surface area contributed by atoms with Crippen LogP contribution in [-0.4, -0.2) is 40.9 Å². The minimum absolute atomic E-state index is 0.135. The number of hydrogen-bond acceptors (Lipinski definition) is 3. The van der Waals surface area contributed by atoms with Crippen LogP contribution in [0.25, 0.3) is 0 Å². The number of carbonyl (C=O) groups excluding carboxylic acids is 1. The highest BCUT2D eigenvalue weighted by Gasteiger charge is 2.38. The molecule has 25 heavy (non-hydrogen) atoms. The van der Waals surface area contributed by atoms with Gasteiger partial charge < -0.3 is 14.8 Å². The molecule has 0 aliphatic rings. The van der Waals surface area contributed by atoms with Gasteiger partial charge in [-0.3, -0.25) is 4.79 Å². The van der Waals surface area contributed by atoms with E-state index in [2.05, 4.69) is 31.1 Å². The van der Waals surface area contributed by atoms with Crippen LogP contribution in [0.5, 0.6) is 11.5 Å². The van der Waals surface area contributed by atoms with Crippen molar-refractivity contribution in [1.29, 1.82) is 0 Å². The molecule has 138 valence electrons. The molecular formula is C17H22F3NO3Si. The zero-order valence-corrected chi connectivity index (χ0v) is 15.9. The van der Waals surface area contributed by atoms with Gasteiger partial charge in [-0.25, -0.2) is 0 Å². The fraction of sp³-hybridized carbons (Fsp3) is 0.471. The van der Waals surface area contributed by atoms with Crippen LogP contribution >= 0.6 is 0 Å². The lowest BCUT2D eigenvalue weighted by Crippen LogP contribution is -2.37. The first-order chi connectivity index (χ1) is 11.5. The average Bonchev–Trinajstić information content (AvgIpc) is 2.51. The second-order valence-electron chi connectivity index (χ2n) is 6.36. The molecule has 0 bridgehead atoms. The van der Waals surface area contributed by atoms with Crippen LogP contribution in [0, 0.1) is 11.5 Å². The number of carbonyl (C=O) groups is 1. The molecule has 0 aliphatic heterocycles. The Kier molecular flexibility index (Phi) is 6.93. The van der Waals surface area contributed by atoms with E-state index < -0.39 is 20.2 Å². The van der Waals surface area contributed by atoms with Gasteiger partial charge in [-0.15, -0.1) is 5.54 Å². The zero-order chi connectivity index (χ0) is 19.3. The van der Waals surface area contributed by atoms with Crippen LogP contribution in [0.3, 0.4) is 0 Å². The number of ether oxygens (including phenoxy) is 2. The topological polar surface area (TPSA) is 47.6 Å². The van der Waals surface area contributed by atoms with Gasteiger partial charge in [-0.05, 0) is 18.6 Å². The number of alkyl halides is 3. The summed E-state index contributed by atoms with van der Waals surface area (Å²) in [6.07, 6.45) is -4.76. The third kappa shape index (κ3) is 6.70. The molecule has 1 N–H and O–H groups in total. The van der Waals surface area contributed by atoms with Crippen molar-refractivity contribution in [2.75, 3.05) is 20.8 Å². The van der Waals surface area contributed by atoms with E-state index in [0.717, 1.165) is 0 Å². The molecule has 0 spiro atoms. The fourth-order valence-corrected chi connectivity index (χ4v) is 2.48. The Morgan fingerprint density at radius 3 is 2.08 bits per heavy atom. The predicted molar refractivity (Wildman–Crippen MR) is 92.5 cm³/mol. The maximum Gasteiger partial charge on any atom is 0.471 e. The summed E-state index contributed by atoms with van der Waals surface area (Å²) >= 11 is 0. The normalized spacial score (nSPS) is 11.4. The highest BCUT2D eigenvalue weighted by atomic mass is 28.3. The largest absolute Gasteiger partial charge is 0.496 e. The molecule has 1 amide bonds. The Bertz CT molecular complexity index is 660. The molecule has 1 aromatic carbocycles. The summed E-state index contributed by atoms with van der Waals surface area (Å²) in [4.78, 5) is 10.9. The minimum atomic E-state index is -4.90. The van der Waals surface area contributed by atoms with Gasteiger partial charge in [0.25, 0.3) is 0 Å². The summed E-state index contributed by atoms with van der Waals surface area (Å²) in [5.41, 5.74) is 4.51. The van der Waals surface area contributed by atoms with Crippen molar-refractivity contribution >= 4 is 14.0 Å². The van der Waals surface area contributed by atoms with E-state index >= 15 is 0 Å². The molecule has 0 aliphatic carbocycles. The molecule has 0 aromatic heterocycles. The summed E-state index contributed by atoms with van der Waals surface area (Å²) in [6.45, 7) is 6.16. The van der Waals surface area contributed by atoms with Gasteiger partial charge in [0.2, 0.25) is 0 Å². The highest BCUT2D eigenvalue weighted by Crippen LogP contribution is 2.30. The van der Waals surface area contributed by atoms with Crippen LogP contribution in [-0.2, 0) is 11.2 Å². The summed E-state index contributed by atoms with van der Waals surface area (Å²) in [5.74, 6) is 2.04. The highest BCUT2D eigenvalue weighted by molar-refractivity contribution is 6.83. The number of hydrogen-bond donors (Lipinski definition) is 1.